The van der Waals surface area contributed by atoms with Gasteiger partial charge in [-0.1, -0.05) is 23.8 Å². The van der Waals surface area contributed by atoms with Crippen molar-refractivity contribution < 1.29 is 19.1 Å². The molecule has 1 amide bonds. The molecule has 0 spiro atoms. The zero-order valence-corrected chi connectivity index (χ0v) is 17.1. The highest BCUT2D eigenvalue weighted by molar-refractivity contribution is 6.01. The summed E-state index contributed by atoms with van der Waals surface area (Å²) in [6, 6.07) is 13.3. The molecule has 1 aliphatic rings. The number of nitrogens with zero attached hydrogens (tertiary/aromatic N) is 1. The quantitative estimate of drug-likeness (QED) is 0.693. The zero-order valence-electron chi connectivity index (χ0n) is 17.1. The Morgan fingerprint density at radius 2 is 1.79 bits per heavy atom. The molecule has 2 aromatic rings. The van der Waals surface area contributed by atoms with Crippen molar-refractivity contribution in [2.24, 2.45) is 0 Å². The SMILES string of the molecule is COc1ccc(C)cc1C(=O)CCC(=O)Nc1ccc(CN2CCOCC2)cc1. The molecule has 0 bridgehead atoms. The molecule has 6 heteroatoms. The molecular weight excluding hydrogens is 368 g/mol. The van der Waals surface area contributed by atoms with Crippen molar-refractivity contribution in [1.82, 2.24) is 4.90 Å². The van der Waals surface area contributed by atoms with E-state index in [4.69, 9.17) is 9.47 Å². The molecule has 1 heterocycles. The number of nitrogens with one attached hydrogen (secondary N) is 1. The van der Waals surface area contributed by atoms with Crippen LogP contribution in [-0.2, 0) is 16.1 Å². The van der Waals surface area contributed by atoms with Crippen LogP contribution in [-0.4, -0.2) is 50.0 Å². The van der Waals surface area contributed by atoms with Gasteiger partial charge in [-0.15, -0.1) is 0 Å². The minimum absolute atomic E-state index is 0.0958. The van der Waals surface area contributed by atoms with Crippen LogP contribution in [0.25, 0.3) is 0 Å². The predicted molar refractivity (Wildman–Crippen MR) is 112 cm³/mol. The van der Waals surface area contributed by atoms with Gasteiger partial charge in [0.15, 0.2) is 5.78 Å². The number of morpholine rings is 1. The van der Waals surface area contributed by atoms with E-state index in [0.29, 0.717) is 11.3 Å². The van der Waals surface area contributed by atoms with E-state index in [1.807, 2.05) is 37.3 Å². The molecule has 3 rings (SSSR count). The van der Waals surface area contributed by atoms with E-state index in [1.165, 1.54) is 12.7 Å². The smallest absolute Gasteiger partial charge is 0.224 e. The van der Waals surface area contributed by atoms with Gasteiger partial charge in [0.25, 0.3) is 0 Å². The standard InChI is InChI=1S/C23H28N2O4/c1-17-3-9-22(28-2)20(15-17)21(26)8-10-23(27)24-19-6-4-18(5-7-19)16-25-11-13-29-14-12-25/h3-7,9,15H,8,10-14,16H2,1-2H3,(H,24,27). The summed E-state index contributed by atoms with van der Waals surface area (Å²) in [5.41, 5.74) is 3.44. The largest absolute Gasteiger partial charge is 0.496 e. The number of carbonyl (C=O) groups is 2. The number of amides is 1. The summed E-state index contributed by atoms with van der Waals surface area (Å²) in [5, 5.41) is 2.86. The number of methoxy groups -OCH3 is 1. The number of carbonyl (C=O) groups excluding carboxylic acids is 2. The first-order valence-electron chi connectivity index (χ1n) is 9.92. The summed E-state index contributed by atoms with van der Waals surface area (Å²) in [6.07, 6.45) is 0.270. The molecule has 0 aliphatic carbocycles. The van der Waals surface area contributed by atoms with Gasteiger partial charge in [-0.25, -0.2) is 0 Å². The molecule has 1 N–H and O–H groups in total. The normalized spacial score (nSPS) is 14.4. The lowest BCUT2D eigenvalue weighted by Crippen LogP contribution is -2.35. The summed E-state index contributed by atoms with van der Waals surface area (Å²) in [5.74, 6) is 0.268. The van der Waals surface area contributed by atoms with Crippen LogP contribution in [0.1, 0.15) is 34.3 Å². The van der Waals surface area contributed by atoms with Gasteiger partial charge in [-0.2, -0.15) is 0 Å². The number of ketones is 1. The topological polar surface area (TPSA) is 67.9 Å². The molecule has 2 aromatic carbocycles. The lowest BCUT2D eigenvalue weighted by Gasteiger charge is -2.26. The van der Waals surface area contributed by atoms with E-state index < -0.39 is 0 Å². The Bertz CT molecular complexity index is 842. The van der Waals surface area contributed by atoms with Gasteiger partial charge in [-0.3, -0.25) is 14.5 Å². The Morgan fingerprint density at radius 3 is 2.48 bits per heavy atom. The fourth-order valence-corrected chi connectivity index (χ4v) is 3.34. The number of anilines is 1. The third kappa shape index (κ3) is 6.14. The van der Waals surface area contributed by atoms with Crippen LogP contribution in [0.5, 0.6) is 5.75 Å². The van der Waals surface area contributed by atoms with Crippen molar-refractivity contribution in [3.8, 4) is 5.75 Å². The first-order valence-corrected chi connectivity index (χ1v) is 9.92. The van der Waals surface area contributed by atoms with E-state index in [1.54, 1.807) is 12.1 Å². The second-order valence-electron chi connectivity index (χ2n) is 7.26. The highest BCUT2D eigenvalue weighted by Gasteiger charge is 2.15. The monoisotopic (exact) mass is 396 g/mol. The van der Waals surface area contributed by atoms with Crippen molar-refractivity contribution in [2.45, 2.75) is 26.3 Å². The van der Waals surface area contributed by atoms with E-state index in [9.17, 15) is 9.59 Å². The van der Waals surface area contributed by atoms with Gasteiger partial charge in [0.2, 0.25) is 5.91 Å². The number of Topliss-reactive ketones (excluding diaryl/α,β-unsaturated/α-hetero) is 1. The number of ether oxygens (including phenoxy) is 2. The van der Waals surface area contributed by atoms with E-state index in [-0.39, 0.29) is 24.5 Å². The second-order valence-corrected chi connectivity index (χ2v) is 7.26. The molecule has 0 unspecified atom stereocenters. The molecule has 1 aliphatic heterocycles. The Hall–Kier alpha value is -2.70. The number of hydrogen-bond donors (Lipinski definition) is 1. The average Bonchev–Trinajstić information content (AvgIpc) is 2.74. The summed E-state index contributed by atoms with van der Waals surface area (Å²) >= 11 is 0. The Balaban J connectivity index is 1.49. The molecule has 0 saturated carbocycles. The highest BCUT2D eigenvalue weighted by atomic mass is 16.5. The number of aryl methyl sites for hydroxylation is 1. The Morgan fingerprint density at radius 1 is 1.07 bits per heavy atom. The summed E-state index contributed by atoms with van der Waals surface area (Å²) in [7, 11) is 1.54. The van der Waals surface area contributed by atoms with Crippen molar-refractivity contribution in [2.75, 3.05) is 38.7 Å². The minimum atomic E-state index is -0.175. The number of rotatable bonds is 8. The summed E-state index contributed by atoms with van der Waals surface area (Å²) < 4.78 is 10.6. The zero-order chi connectivity index (χ0) is 20.6. The van der Waals surface area contributed by atoms with Crippen molar-refractivity contribution in [1.29, 1.82) is 0 Å². The predicted octanol–water partition coefficient (Wildman–Crippen LogP) is 3.44. The number of hydrogen-bond acceptors (Lipinski definition) is 5. The first-order chi connectivity index (χ1) is 14.0. The van der Waals surface area contributed by atoms with Gasteiger partial charge < -0.3 is 14.8 Å². The highest BCUT2D eigenvalue weighted by Crippen LogP contribution is 2.22. The lowest BCUT2D eigenvalue weighted by molar-refractivity contribution is -0.116. The van der Waals surface area contributed by atoms with Gasteiger partial charge >= 0.3 is 0 Å². The van der Waals surface area contributed by atoms with Crippen molar-refractivity contribution in [3.63, 3.8) is 0 Å². The van der Waals surface area contributed by atoms with Gasteiger partial charge in [0.05, 0.1) is 25.9 Å². The maximum atomic E-state index is 12.5. The van der Waals surface area contributed by atoms with Crippen molar-refractivity contribution >= 4 is 17.4 Å². The van der Waals surface area contributed by atoms with Crippen LogP contribution in [0.15, 0.2) is 42.5 Å². The van der Waals surface area contributed by atoms with Gasteiger partial charge in [0.1, 0.15) is 5.75 Å². The molecule has 1 fully saturated rings. The fourth-order valence-electron chi connectivity index (χ4n) is 3.34. The molecular formula is C23H28N2O4. The molecule has 6 nitrogen and oxygen atoms in total. The maximum Gasteiger partial charge on any atom is 0.224 e. The lowest BCUT2D eigenvalue weighted by atomic mass is 10.0. The van der Waals surface area contributed by atoms with Gasteiger partial charge in [0, 0.05) is 38.2 Å². The third-order valence-corrected chi connectivity index (χ3v) is 4.98. The maximum absolute atomic E-state index is 12.5. The average molecular weight is 396 g/mol. The van der Waals surface area contributed by atoms with Crippen LogP contribution in [0.2, 0.25) is 0 Å². The minimum Gasteiger partial charge on any atom is -0.496 e. The van der Waals surface area contributed by atoms with Crippen LogP contribution < -0.4 is 10.1 Å². The van der Waals surface area contributed by atoms with E-state index in [2.05, 4.69) is 10.2 Å². The Kier molecular flexibility index (Phi) is 7.38. The first kappa shape index (κ1) is 21.0. The third-order valence-electron chi connectivity index (χ3n) is 4.98. The second kappa shape index (κ2) is 10.2. The van der Waals surface area contributed by atoms with Crippen LogP contribution in [0, 0.1) is 6.92 Å². The number of benzene rings is 2. The van der Waals surface area contributed by atoms with E-state index >= 15 is 0 Å². The Labute approximate surface area is 171 Å². The van der Waals surface area contributed by atoms with Crippen LogP contribution in [0.3, 0.4) is 0 Å². The molecule has 29 heavy (non-hydrogen) atoms. The van der Waals surface area contributed by atoms with E-state index in [0.717, 1.165) is 44.1 Å². The molecule has 0 aromatic heterocycles. The van der Waals surface area contributed by atoms with Crippen LogP contribution >= 0.6 is 0 Å². The fraction of sp³-hybridized carbons (Fsp3) is 0.391. The summed E-state index contributed by atoms with van der Waals surface area (Å²) in [6.45, 7) is 6.25. The summed E-state index contributed by atoms with van der Waals surface area (Å²) in [4.78, 5) is 27.1. The van der Waals surface area contributed by atoms with Gasteiger partial charge in [-0.05, 0) is 36.8 Å². The van der Waals surface area contributed by atoms with Crippen LogP contribution in [0.4, 0.5) is 5.69 Å². The molecule has 0 radical (unpaired) electrons. The molecule has 1 saturated heterocycles. The molecule has 154 valence electrons. The molecule has 0 atom stereocenters. The van der Waals surface area contributed by atoms with Crippen molar-refractivity contribution in [3.05, 3.63) is 59.2 Å².